The largest absolute Gasteiger partial charge is 0.492 e. The molecule has 0 aliphatic heterocycles. The van der Waals surface area contributed by atoms with E-state index in [1.807, 2.05) is 0 Å². The molecule has 2 aromatic rings. The molecule has 1 N–H and O–H groups in total. The summed E-state index contributed by atoms with van der Waals surface area (Å²) < 4.78 is 18.3. The molecule has 6 heteroatoms. The minimum absolute atomic E-state index is 0.307. The molecule has 0 aliphatic carbocycles. The first-order chi connectivity index (χ1) is 8.70. The van der Waals surface area contributed by atoms with E-state index >= 15 is 0 Å². The van der Waals surface area contributed by atoms with Gasteiger partial charge >= 0.3 is 0 Å². The standard InChI is InChI=1S/C12H11FN2O2S/c1-2-17-11-5-8(13)3-4-9(11)15-12(16)10-6-18-7-14-10/h3-7H,2H2,1H3,(H,15,16). The third-order valence-electron chi connectivity index (χ3n) is 2.16. The minimum Gasteiger partial charge on any atom is -0.492 e. The number of rotatable bonds is 4. The van der Waals surface area contributed by atoms with Crippen LogP contribution in [0.2, 0.25) is 0 Å². The van der Waals surface area contributed by atoms with Gasteiger partial charge in [-0.3, -0.25) is 4.79 Å². The third kappa shape index (κ3) is 2.84. The molecule has 0 aliphatic rings. The Morgan fingerprint density at radius 2 is 2.39 bits per heavy atom. The number of anilines is 1. The number of benzene rings is 1. The Hall–Kier alpha value is -1.95. The molecular weight excluding hydrogens is 255 g/mol. The van der Waals surface area contributed by atoms with Crippen molar-refractivity contribution < 1.29 is 13.9 Å². The number of amides is 1. The lowest BCUT2D eigenvalue weighted by molar-refractivity contribution is 0.102. The average Bonchev–Trinajstić information content (AvgIpc) is 2.86. The molecular formula is C12H11FN2O2S. The van der Waals surface area contributed by atoms with Gasteiger partial charge < -0.3 is 10.1 Å². The first-order valence-electron chi connectivity index (χ1n) is 5.32. The lowest BCUT2D eigenvalue weighted by atomic mass is 10.2. The molecule has 1 aromatic heterocycles. The van der Waals surface area contributed by atoms with Crippen molar-refractivity contribution in [1.82, 2.24) is 4.98 Å². The van der Waals surface area contributed by atoms with Gasteiger partial charge in [-0.25, -0.2) is 9.37 Å². The van der Waals surface area contributed by atoms with Crippen LogP contribution in [0.15, 0.2) is 29.1 Å². The molecule has 2 rings (SSSR count). The van der Waals surface area contributed by atoms with E-state index in [9.17, 15) is 9.18 Å². The molecule has 18 heavy (non-hydrogen) atoms. The predicted octanol–water partition coefficient (Wildman–Crippen LogP) is 2.93. The fourth-order valence-electron chi connectivity index (χ4n) is 1.39. The summed E-state index contributed by atoms with van der Waals surface area (Å²) in [5, 5.41) is 4.28. The number of hydrogen-bond donors (Lipinski definition) is 1. The van der Waals surface area contributed by atoms with Gasteiger partial charge in [-0.05, 0) is 19.1 Å². The SMILES string of the molecule is CCOc1cc(F)ccc1NC(=O)c1cscn1. The second kappa shape index (κ2) is 5.59. The molecule has 0 fully saturated rings. The smallest absolute Gasteiger partial charge is 0.275 e. The Labute approximate surface area is 107 Å². The Morgan fingerprint density at radius 3 is 3.06 bits per heavy atom. The summed E-state index contributed by atoms with van der Waals surface area (Å²) in [7, 11) is 0. The molecule has 0 spiro atoms. The first-order valence-corrected chi connectivity index (χ1v) is 6.27. The number of nitrogens with zero attached hydrogens (tertiary/aromatic N) is 1. The normalized spacial score (nSPS) is 10.1. The van der Waals surface area contributed by atoms with Crippen molar-refractivity contribution in [2.75, 3.05) is 11.9 Å². The highest BCUT2D eigenvalue weighted by atomic mass is 32.1. The van der Waals surface area contributed by atoms with Crippen LogP contribution in [0.5, 0.6) is 5.75 Å². The Kier molecular flexibility index (Phi) is 3.88. The monoisotopic (exact) mass is 266 g/mol. The molecule has 0 radical (unpaired) electrons. The highest BCUT2D eigenvalue weighted by Gasteiger charge is 2.12. The van der Waals surface area contributed by atoms with Crippen LogP contribution in [0, 0.1) is 5.82 Å². The van der Waals surface area contributed by atoms with Crippen molar-refractivity contribution in [3.05, 3.63) is 40.6 Å². The van der Waals surface area contributed by atoms with Crippen LogP contribution >= 0.6 is 11.3 Å². The number of ether oxygens (including phenoxy) is 1. The highest BCUT2D eigenvalue weighted by Crippen LogP contribution is 2.25. The molecule has 1 amide bonds. The molecule has 0 saturated carbocycles. The zero-order valence-electron chi connectivity index (χ0n) is 9.64. The van der Waals surface area contributed by atoms with E-state index in [2.05, 4.69) is 10.3 Å². The molecule has 4 nitrogen and oxygen atoms in total. The van der Waals surface area contributed by atoms with Gasteiger partial charge in [0, 0.05) is 11.4 Å². The number of halogens is 1. The molecule has 94 valence electrons. The van der Waals surface area contributed by atoms with Crippen molar-refractivity contribution in [2.45, 2.75) is 6.92 Å². The lowest BCUT2D eigenvalue weighted by Gasteiger charge is -2.10. The van der Waals surface area contributed by atoms with Crippen molar-refractivity contribution >= 4 is 22.9 Å². The van der Waals surface area contributed by atoms with Crippen LogP contribution in [0.1, 0.15) is 17.4 Å². The van der Waals surface area contributed by atoms with Crippen LogP contribution in [-0.4, -0.2) is 17.5 Å². The maximum absolute atomic E-state index is 13.1. The number of carbonyl (C=O) groups is 1. The quantitative estimate of drug-likeness (QED) is 0.925. The number of carbonyl (C=O) groups excluding carboxylic acids is 1. The summed E-state index contributed by atoms with van der Waals surface area (Å²) in [5.74, 6) is -0.449. The summed E-state index contributed by atoms with van der Waals surface area (Å²) in [6.45, 7) is 2.18. The fraction of sp³-hybridized carbons (Fsp3) is 0.167. The average molecular weight is 266 g/mol. The van der Waals surface area contributed by atoms with E-state index in [-0.39, 0.29) is 5.91 Å². The second-order valence-corrected chi connectivity index (χ2v) is 4.12. The third-order valence-corrected chi connectivity index (χ3v) is 2.74. The van der Waals surface area contributed by atoms with Crippen molar-refractivity contribution in [1.29, 1.82) is 0 Å². The van der Waals surface area contributed by atoms with Crippen molar-refractivity contribution in [2.24, 2.45) is 0 Å². The van der Waals surface area contributed by atoms with Gasteiger partial charge in [0.15, 0.2) is 0 Å². The summed E-state index contributed by atoms with van der Waals surface area (Å²) in [6, 6.07) is 3.96. The topological polar surface area (TPSA) is 51.2 Å². The summed E-state index contributed by atoms with van der Waals surface area (Å²) >= 11 is 1.33. The molecule has 1 aromatic carbocycles. The second-order valence-electron chi connectivity index (χ2n) is 3.40. The fourth-order valence-corrected chi connectivity index (χ4v) is 1.92. The number of thiazole rings is 1. The Balaban J connectivity index is 2.20. The maximum Gasteiger partial charge on any atom is 0.275 e. The number of aromatic nitrogens is 1. The van der Waals surface area contributed by atoms with E-state index in [1.165, 1.54) is 29.5 Å². The molecule has 1 heterocycles. The van der Waals surface area contributed by atoms with Gasteiger partial charge in [-0.2, -0.15) is 0 Å². The molecule has 0 saturated heterocycles. The zero-order valence-corrected chi connectivity index (χ0v) is 10.5. The van der Waals surface area contributed by atoms with Crippen molar-refractivity contribution in [3.63, 3.8) is 0 Å². The zero-order chi connectivity index (χ0) is 13.0. The van der Waals surface area contributed by atoms with Gasteiger partial charge in [-0.15, -0.1) is 11.3 Å². The van der Waals surface area contributed by atoms with Crippen molar-refractivity contribution in [3.8, 4) is 5.75 Å². The van der Waals surface area contributed by atoms with E-state index in [0.717, 1.165) is 0 Å². The molecule has 0 bridgehead atoms. The van der Waals surface area contributed by atoms with Gasteiger partial charge in [0.1, 0.15) is 17.3 Å². The van der Waals surface area contributed by atoms with Crippen LogP contribution in [0.25, 0.3) is 0 Å². The lowest BCUT2D eigenvalue weighted by Crippen LogP contribution is -2.13. The summed E-state index contributed by atoms with van der Waals surface area (Å²) in [5.41, 5.74) is 2.33. The first kappa shape index (κ1) is 12.5. The van der Waals surface area contributed by atoms with E-state index < -0.39 is 5.82 Å². The van der Waals surface area contributed by atoms with E-state index in [0.29, 0.717) is 23.7 Å². The maximum atomic E-state index is 13.1. The highest BCUT2D eigenvalue weighted by molar-refractivity contribution is 7.07. The van der Waals surface area contributed by atoms with Crippen LogP contribution in [0.4, 0.5) is 10.1 Å². The van der Waals surface area contributed by atoms with E-state index in [4.69, 9.17) is 4.74 Å². The Morgan fingerprint density at radius 1 is 1.56 bits per heavy atom. The summed E-state index contributed by atoms with van der Waals surface area (Å²) in [4.78, 5) is 15.7. The van der Waals surface area contributed by atoms with Crippen LogP contribution < -0.4 is 10.1 Å². The number of nitrogens with one attached hydrogen (secondary N) is 1. The Bertz CT molecular complexity index is 543. The van der Waals surface area contributed by atoms with E-state index in [1.54, 1.807) is 17.8 Å². The van der Waals surface area contributed by atoms with Crippen LogP contribution in [-0.2, 0) is 0 Å². The predicted molar refractivity (Wildman–Crippen MR) is 67.6 cm³/mol. The van der Waals surface area contributed by atoms with Gasteiger partial charge in [0.2, 0.25) is 0 Å². The van der Waals surface area contributed by atoms with Gasteiger partial charge in [-0.1, -0.05) is 0 Å². The molecule has 0 unspecified atom stereocenters. The van der Waals surface area contributed by atoms with Crippen LogP contribution in [0.3, 0.4) is 0 Å². The number of hydrogen-bond acceptors (Lipinski definition) is 4. The molecule has 0 atom stereocenters. The summed E-state index contributed by atoms with van der Waals surface area (Å²) in [6.07, 6.45) is 0. The van der Waals surface area contributed by atoms with Gasteiger partial charge in [0.05, 0.1) is 17.8 Å². The van der Waals surface area contributed by atoms with Gasteiger partial charge in [0.25, 0.3) is 5.91 Å². The minimum atomic E-state index is -0.412.